The first-order valence-corrected chi connectivity index (χ1v) is 11.0. The molecule has 3 aromatic rings. The predicted molar refractivity (Wildman–Crippen MR) is 118 cm³/mol. The van der Waals surface area contributed by atoms with Crippen LogP contribution in [-0.2, 0) is 10.0 Å². The quantitative estimate of drug-likeness (QED) is 0.293. The van der Waals surface area contributed by atoms with Crippen LogP contribution in [0, 0.1) is 10.1 Å². The lowest BCUT2D eigenvalue weighted by atomic mass is 9.97. The van der Waals surface area contributed by atoms with Gasteiger partial charge in [0.15, 0.2) is 5.78 Å². The van der Waals surface area contributed by atoms with Crippen molar-refractivity contribution in [3.05, 3.63) is 99.1 Å². The fraction of sp³-hybridized carbons (Fsp3) is 0.0952. The third-order valence-corrected chi connectivity index (χ3v) is 5.77. The van der Waals surface area contributed by atoms with Crippen molar-refractivity contribution in [1.82, 2.24) is 0 Å². The van der Waals surface area contributed by atoms with Crippen LogP contribution in [0.25, 0.3) is 0 Å². The second-order valence-electron chi connectivity index (χ2n) is 6.75. The molecule has 3 N–H and O–H groups in total. The Kier molecular flexibility index (Phi) is 6.69. The largest absolute Gasteiger partial charge is 0.378 e. The molecule has 1 unspecified atom stereocenters. The first-order chi connectivity index (χ1) is 14.6. The van der Waals surface area contributed by atoms with Crippen molar-refractivity contribution >= 4 is 38.8 Å². The first-order valence-electron chi connectivity index (χ1n) is 9.06. The minimum Gasteiger partial charge on any atom is -0.378 e. The number of nitrogens with two attached hydrogens (primary N) is 1. The zero-order valence-electron chi connectivity index (χ0n) is 16.1. The van der Waals surface area contributed by atoms with E-state index >= 15 is 0 Å². The molecular formula is C21H18ClN3O5S. The van der Waals surface area contributed by atoms with Crippen LogP contribution in [0.3, 0.4) is 0 Å². The van der Waals surface area contributed by atoms with E-state index in [1.807, 2.05) is 0 Å². The van der Waals surface area contributed by atoms with E-state index in [1.165, 1.54) is 36.4 Å². The average molecular weight is 460 g/mol. The lowest BCUT2D eigenvalue weighted by Gasteiger charge is -2.20. The summed E-state index contributed by atoms with van der Waals surface area (Å²) in [5.74, 6) is -0.159. The number of sulfonamides is 1. The van der Waals surface area contributed by atoms with Crippen LogP contribution in [0.1, 0.15) is 28.4 Å². The number of carbonyl (C=O) groups excluding carboxylic acids is 1. The minimum absolute atomic E-state index is 0.0397. The summed E-state index contributed by atoms with van der Waals surface area (Å²) in [5.41, 5.74) is 1.62. The molecule has 0 saturated carbocycles. The summed E-state index contributed by atoms with van der Waals surface area (Å²) < 4.78 is 22.9. The van der Waals surface area contributed by atoms with Gasteiger partial charge in [0.05, 0.1) is 15.9 Å². The number of nitro benzene ring substituents is 1. The molecule has 0 bridgehead atoms. The van der Waals surface area contributed by atoms with Gasteiger partial charge in [0, 0.05) is 34.8 Å². The van der Waals surface area contributed by atoms with Gasteiger partial charge < -0.3 is 5.32 Å². The summed E-state index contributed by atoms with van der Waals surface area (Å²) in [4.78, 5) is 23.2. The monoisotopic (exact) mass is 459 g/mol. The molecule has 0 saturated heterocycles. The van der Waals surface area contributed by atoms with Gasteiger partial charge in [0.25, 0.3) is 5.69 Å². The normalized spacial score (nSPS) is 12.2. The van der Waals surface area contributed by atoms with Crippen molar-refractivity contribution in [2.75, 3.05) is 5.32 Å². The number of halogens is 1. The van der Waals surface area contributed by atoms with Crippen molar-refractivity contribution in [2.24, 2.45) is 5.14 Å². The van der Waals surface area contributed by atoms with Gasteiger partial charge in [-0.1, -0.05) is 23.7 Å². The van der Waals surface area contributed by atoms with Gasteiger partial charge >= 0.3 is 0 Å². The molecule has 8 nitrogen and oxygen atoms in total. The standard InChI is InChI=1S/C21H18ClN3O5S/c22-16-5-1-15(2-6-16)21(26)13-20(14-3-9-18(10-4-14)25(27)28)24-17-7-11-19(12-8-17)31(23,29)30/h1-12,20,24H,13H2,(H2,23,29,30). The Labute approximate surface area is 183 Å². The summed E-state index contributed by atoms with van der Waals surface area (Å²) in [6.07, 6.45) is 0.0520. The van der Waals surface area contributed by atoms with Crippen molar-refractivity contribution < 1.29 is 18.1 Å². The van der Waals surface area contributed by atoms with Gasteiger partial charge in [-0.2, -0.15) is 0 Å². The minimum atomic E-state index is -3.83. The van der Waals surface area contributed by atoms with Crippen LogP contribution in [0.4, 0.5) is 11.4 Å². The van der Waals surface area contributed by atoms with Crippen LogP contribution in [0.5, 0.6) is 0 Å². The first kappa shape index (κ1) is 22.4. The summed E-state index contributed by atoms with van der Waals surface area (Å²) in [5, 5.41) is 19.8. The van der Waals surface area contributed by atoms with Crippen molar-refractivity contribution in [3.63, 3.8) is 0 Å². The summed E-state index contributed by atoms with van der Waals surface area (Å²) in [7, 11) is -3.83. The SMILES string of the molecule is NS(=O)(=O)c1ccc(NC(CC(=O)c2ccc(Cl)cc2)c2ccc([N+](=O)[O-])cc2)cc1. The molecule has 10 heteroatoms. The van der Waals surface area contributed by atoms with Crippen molar-refractivity contribution in [3.8, 4) is 0 Å². The summed E-state index contributed by atoms with van der Waals surface area (Å²) in [6.45, 7) is 0. The van der Waals surface area contributed by atoms with E-state index in [2.05, 4.69) is 5.32 Å². The number of hydrogen-bond acceptors (Lipinski definition) is 6. The molecule has 0 radical (unpaired) electrons. The van der Waals surface area contributed by atoms with Crippen LogP contribution in [0.2, 0.25) is 5.02 Å². The number of nitrogens with one attached hydrogen (secondary N) is 1. The average Bonchev–Trinajstić information content (AvgIpc) is 2.73. The Hall–Kier alpha value is -3.27. The highest BCUT2D eigenvalue weighted by molar-refractivity contribution is 7.89. The molecule has 1 atom stereocenters. The molecule has 0 aliphatic heterocycles. The van der Waals surface area contributed by atoms with Crippen LogP contribution < -0.4 is 10.5 Å². The maximum Gasteiger partial charge on any atom is 0.269 e. The molecule has 160 valence electrons. The molecule has 0 heterocycles. The molecule has 3 rings (SSSR count). The molecule has 31 heavy (non-hydrogen) atoms. The number of rotatable bonds is 8. The van der Waals surface area contributed by atoms with E-state index < -0.39 is 21.0 Å². The fourth-order valence-corrected chi connectivity index (χ4v) is 3.60. The maximum atomic E-state index is 12.8. The highest BCUT2D eigenvalue weighted by Crippen LogP contribution is 2.27. The van der Waals surface area contributed by atoms with Gasteiger partial charge in [-0.3, -0.25) is 14.9 Å². The van der Waals surface area contributed by atoms with Crippen molar-refractivity contribution in [1.29, 1.82) is 0 Å². The van der Waals surface area contributed by atoms with Crippen LogP contribution >= 0.6 is 11.6 Å². The van der Waals surface area contributed by atoms with Gasteiger partial charge in [-0.05, 0) is 54.1 Å². The Balaban J connectivity index is 1.88. The number of carbonyl (C=O) groups is 1. The van der Waals surface area contributed by atoms with Gasteiger partial charge in [0.2, 0.25) is 10.0 Å². The number of nitrogens with zero attached hydrogens (tertiary/aromatic N) is 1. The number of anilines is 1. The van der Waals surface area contributed by atoms with Crippen LogP contribution in [-0.4, -0.2) is 19.1 Å². The van der Waals surface area contributed by atoms with E-state index in [9.17, 15) is 23.3 Å². The number of Topliss-reactive ketones (excluding diaryl/α,β-unsaturated/α-hetero) is 1. The second kappa shape index (κ2) is 9.25. The molecule has 0 spiro atoms. The third kappa shape index (κ3) is 5.88. The molecule has 0 aliphatic carbocycles. The molecule has 3 aromatic carbocycles. The lowest BCUT2D eigenvalue weighted by Crippen LogP contribution is -2.16. The Bertz CT molecular complexity index is 1200. The number of nitro groups is 1. The van der Waals surface area contributed by atoms with Gasteiger partial charge in [-0.25, -0.2) is 13.6 Å². The fourth-order valence-electron chi connectivity index (χ4n) is 2.96. The highest BCUT2D eigenvalue weighted by atomic mass is 35.5. The predicted octanol–water partition coefficient (Wildman–Crippen LogP) is 4.32. The molecule has 0 aliphatic rings. The molecular weight excluding hydrogens is 442 g/mol. The number of primary sulfonamides is 1. The van der Waals surface area contributed by atoms with Crippen LogP contribution in [0.15, 0.2) is 77.7 Å². The van der Waals surface area contributed by atoms with Gasteiger partial charge in [0.1, 0.15) is 0 Å². The van der Waals surface area contributed by atoms with E-state index in [0.29, 0.717) is 21.8 Å². The van der Waals surface area contributed by atoms with E-state index in [1.54, 1.807) is 36.4 Å². The summed E-state index contributed by atoms with van der Waals surface area (Å²) >= 11 is 5.88. The van der Waals surface area contributed by atoms with Gasteiger partial charge in [-0.15, -0.1) is 0 Å². The molecule has 0 amide bonds. The van der Waals surface area contributed by atoms with E-state index in [0.717, 1.165) is 0 Å². The van der Waals surface area contributed by atoms with Crippen molar-refractivity contribution in [2.45, 2.75) is 17.4 Å². The van der Waals surface area contributed by atoms with E-state index in [-0.39, 0.29) is 22.8 Å². The number of non-ortho nitro benzene ring substituents is 1. The number of ketones is 1. The smallest absolute Gasteiger partial charge is 0.269 e. The second-order valence-corrected chi connectivity index (χ2v) is 8.75. The Morgan fingerprint density at radius 2 is 1.58 bits per heavy atom. The number of hydrogen-bond donors (Lipinski definition) is 2. The third-order valence-electron chi connectivity index (χ3n) is 4.59. The zero-order chi connectivity index (χ0) is 22.6. The maximum absolute atomic E-state index is 12.8. The van der Waals surface area contributed by atoms with E-state index in [4.69, 9.17) is 16.7 Å². The number of benzene rings is 3. The topological polar surface area (TPSA) is 132 Å². The lowest BCUT2D eigenvalue weighted by molar-refractivity contribution is -0.384. The summed E-state index contributed by atoms with van der Waals surface area (Å²) in [6, 6.07) is 17.6. The molecule has 0 aromatic heterocycles. The molecule has 0 fully saturated rings. The zero-order valence-corrected chi connectivity index (χ0v) is 17.6. The highest BCUT2D eigenvalue weighted by Gasteiger charge is 2.19. The Morgan fingerprint density at radius 1 is 1.00 bits per heavy atom. The Morgan fingerprint density at radius 3 is 2.10 bits per heavy atom.